The van der Waals surface area contributed by atoms with E-state index in [0.717, 1.165) is 80.5 Å². The highest BCUT2D eigenvalue weighted by Crippen LogP contribution is 2.63. The maximum atomic E-state index is 10.3. The number of ether oxygens (including phenoxy) is 3. The predicted octanol–water partition coefficient (Wildman–Crippen LogP) is 15.0. The van der Waals surface area contributed by atoms with Gasteiger partial charge in [-0.05, 0) is 143 Å². The van der Waals surface area contributed by atoms with Crippen LogP contribution in [0.2, 0.25) is 0 Å². The minimum atomic E-state index is -0.516. The SMILES string of the molecule is CCCCCCCCC=CCCCCCCCCOC[C@@H](O)COCCCCCCO[C@H]1CC[C@@]2(C)C(=CC[C@H]3C4CC[C@H]([C@H](C)CCCC(C)C)[C@H]4CCC32)C1. The molecule has 4 heteroatoms. The third kappa shape index (κ3) is 17.7. The predicted molar refractivity (Wildman–Crippen MR) is 244 cm³/mol. The van der Waals surface area contributed by atoms with E-state index in [4.69, 9.17) is 14.2 Å². The molecule has 4 aliphatic carbocycles. The Bertz CT molecular complexity index is 1070. The first-order chi connectivity index (χ1) is 27.8. The summed E-state index contributed by atoms with van der Waals surface area (Å²) in [5.74, 6) is 6.64. The van der Waals surface area contributed by atoms with Gasteiger partial charge in [-0.1, -0.05) is 148 Å². The Hall–Kier alpha value is -0.680. The number of rotatable bonds is 33. The Kier molecular flexibility index (Phi) is 24.7. The Morgan fingerprint density at radius 3 is 1.91 bits per heavy atom. The largest absolute Gasteiger partial charge is 0.388 e. The van der Waals surface area contributed by atoms with Gasteiger partial charge in [-0.25, -0.2) is 0 Å². The average molecular weight is 797 g/mol. The molecule has 0 saturated heterocycles. The van der Waals surface area contributed by atoms with E-state index in [-0.39, 0.29) is 0 Å². The van der Waals surface area contributed by atoms with Gasteiger partial charge in [0.25, 0.3) is 0 Å². The number of allylic oxidation sites excluding steroid dienone is 3. The van der Waals surface area contributed by atoms with Crippen LogP contribution in [0.3, 0.4) is 0 Å². The van der Waals surface area contributed by atoms with E-state index in [1.165, 1.54) is 167 Å². The molecule has 2 unspecified atom stereocenters. The molecule has 9 atom stereocenters. The van der Waals surface area contributed by atoms with Crippen molar-refractivity contribution in [3.05, 3.63) is 23.8 Å². The summed E-state index contributed by atoms with van der Waals surface area (Å²) < 4.78 is 18.0. The molecule has 332 valence electrons. The van der Waals surface area contributed by atoms with Crippen molar-refractivity contribution >= 4 is 0 Å². The second-order valence-electron chi connectivity index (χ2n) is 20.5. The van der Waals surface area contributed by atoms with Crippen LogP contribution in [-0.4, -0.2) is 50.3 Å². The number of fused-ring (bicyclic) bond motifs is 5. The Morgan fingerprint density at radius 2 is 1.26 bits per heavy atom. The molecule has 0 amide bonds. The number of aliphatic hydroxyl groups excluding tert-OH is 1. The van der Waals surface area contributed by atoms with Crippen molar-refractivity contribution in [2.45, 2.75) is 233 Å². The van der Waals surface area contributed by atoms with E-state index >= 15 is 0 Å². The summed E-state index contributed by atoms with van der Waals surface area (Å²) in [5.41, 5.74) is 2.19. The molecular weight excluding hydrogens is 701 g/mol. The van der Waals surface area contributed by atoms with E-state index in [2.05, 4.69) is 52.8 Å². The van der Waals surface area contributed by atoms with Gasteiger partial charge in [0.15, 0.2) is 0 Å². The molecule has 3 saturated carbocycles. The lowest BCUT2D eigenvalue weighted by Gasteiger charge is -2.55. The number of unbranched alkanes of at least 4 members (excludes halogenated alkanes) is 15. The van der Waals surface area contributed by atoms with E-state index in [0.29, 0.717) is 24.7 Å². The fourth-order valence-corrected chi connectivity index (χ4v) is 12.1. The summed E-state index contributed by atoms with van der Waals surface area (Å²) >= 11 is 0. The first-order valence-corrected chi connectivity index (χ1v) is 25.6. The van der Waals surface area contributed by atoms with Gasteiger partial charge in [-0.15, -0.1) is 0 Å². The van der Waals surface area contributed by atoms with E-state index < -0.39 is 6.10 Å². The molecule has 0 bridgehead atoms. The third-order valence-corrected chi connectivity index (χ3v) is 15.6. The van der Waals surface area contributed by atoms with Crippen LogP contribution in [0.5, 0.6) is 0 Å². The maximum Gasteiger partial charge on any atom is 0.101 e. The van der Waals surface area contributed by atoms with E-state index in [1.807, 2.05) is 0 Å². The fraction of sp³-hybridized carbons (Fsp3) is 0.925. The van der Waals surface area contributed by atoms with Crippen molar-refractivity contribution in [3.8, 4) is 0 Å². The summed E-state index contributed by atoms with van der Waals surface area (Å²) in [7, 11) is 0. The first kappa shape index (κ1) is 49.0. The summed E-state index contributed by atoms with van der Waals surface area (Å²) in [4.78, 5) is 0. The van der Waals surface area contributed by atoms with Crippen molar-refractivity contribution < 1.29 is 19.3 Å². The van der Waals surface area contributed by atoms with E-state index in [9.17, 15) is 5.11 Å². The zero-order valence-corrected chi connectivity index (χ0v) is 38.6. The van der Waals surface area contributed by atoms with Crippen LogP contribution < -0.4 is 0 Å². The Morgan fingerprint density at radius 1 is 0.667 bits per heavy atom. The summed E-state index contributed by atoms with van der Waals surface area (Å²) in [5, 5.41) is 10.3. The maximum absolute atomic E-state index is 10.3. The van der Waals surface area contributed by atoms with Crippen molar-refractivity contribution in [2.75, 3.05) is 33.0 Å². The lowest BCUT2D eigenvalue weighted by Crippen LogP contribution is -2.48. The van der Waals surface area contributed by atoms with Crippen LogP contribution >= 0.6 is 0 Å². The van der Waals surface area contributed by atoms with Crippen molar-refractivity contribution in [1.29, 1.82) is 0 Å². The molecule has 0 aromatic rings. The summed E-state index contributed by atoms with van der Waals surface area (Å²) in [6.07, 6.45) is 45.9. The minimum absolute atomic E-state index is 0.383. The molecule has 1 N–H and O–H groups in total. The van der Waals surface area contributed by atoms with Crippen LogP contribution in [0.4, 0.5) is 0 Å². The van der Waals surface area contributed by atoms with Gasteiger partial charge in [0.2, 0.25) is 0 Å². The lowest BCUT2D eigenvalue weighted by atomic mass is 9.50. The van der Waals surface area contributed by atoms with Crippen molar-refractivity contribution in [3.63, 3.8) is 0 Å². The van der Waals surface area contributed by atoms with Crippen molar-refractivity contribution in [2.24, 2.45) is 46.8 Å². The molecule has 4 nitrogen and oxygen atoms in total. The third-order valence-electron chi connectivity index (χ3n) is 15.6. The van der Waals surface area contributed by atoms with Gasteiger partial charge in [-0.2, -0.15) is 0 Å². The molecule has 4 aliphatic rings. The van der Waals surface area contributed by atoms with Gasteiger partial charge in [-0.3, -0.25) is 0 Å². The van der Waals surface area contributed by atoms with Gasteiger partial charge >= 0.3 is 0 Å². The molecule has 4 rings (SSSR count). The standard InChI is InChI=1S/C53H96O4/c1-6-7-8-9-10-11-12-13-14-15-16-17-18-19-20-23-37-55-41-46(54)42-56-38-24-21-22-25-39-57-47-35-36-53(5)45(40-47)29-30-51-50-32-31-48(49(50)33-34-52(51)53)44(4)28-26-27-43(2)3/h13-14,29,43-44,46-52,54H,6-12,15-28,30-42H2,1-5H3/t44-,46-,47+,48-,49-,50?,51+,52?,53+/m1/s1. The molecule has 0 aliphatic heterocycles. The normalized spacial score (nSPS) is 28.4. The van der Waals surface area contributed by atoms with Crippen LogP contribution in [0.1, 0.15) is 221 Å². The monoisotopic (exact) mass is 797 g/mol. The van der Waals surface area contributed by atoms with Gasteiger partial charge in [0.05, 0.1) is 19.3 Å². The molecular formula is C53H96O4. The average Bonchev–Trinajstić information content (AvgIpc) is 3.64. The summed E-state index contributed by atoms with van der Waals surface area (Å²) in [6, 6.07) is 0. The smallest absolute Gasteiger partial charge is 0.101 e. The van der Waals surface area contributed by atoms with Crippen LogP contribution in [0.25, 0.3) is 0 Å². The highest BCUT2D eigenvalue weighted by Gasteiger charge is 2.54. The quantitative estimate of drug-likeness (QED) is 0.0531. The van der Waals surface area contributed by atoms with Gasteiger partial charge < -0.3 is 19.3 Å². The zero-order chi connectivity index (χ0) is 40.6. The second-order valence-corrected chi connectivity index (χ2v) is 20.5. The molecule has 0 spiro atoms. The minimum Gasteiger partial charge on any atom is -0.388 e. The molecule has 3 fully saturated rings. The molecule has 0 aromatic heterocycles. The van der Waals surface area contributed by atoms with Crippen LogP contribution in [0, 0.1) is 46.8 Å². The fourth-order valence-electron chi connectivity index (χ4n) is 12.1. The Labute approximate surface area is 354 Å². The number of hydrogen-bond donors (Lipinski definition) is 1. The zero-order valence-electron chi connectivity index (χ0n) is 38.6. The number of aliphatic hydroxyl groups is 1. The highest BCUT2D eigenvalue weighted by molar-refractivity contribution is 5.25. The Balaban J connectivity index is 0.927. The highest BCUT2D eigenvalue weighted by atomic mass is 16.5. The second kappa shape index (κ2) is 28.8. The lowest BCUT2D eigenvalue weighted by molar-refractivity contribution is -0.0332. The molecule has 0 aromatic carbocycles. The topological polar surface area (TPSA) is 47.9 Å². The first-order valence-electron chi connectivity index (χ1n) is 25.6. The summed E-state index contributed by atoms with van der Waals surface area (Å²) in [6.45, 7) is 15.5. The molecule has 0 heterocycles. The van der Waals surface area contributed by atoms with Gasteiger partial charge in [0, 0.05) is 19.8 Å². The van der Waals surface area contributed by atoms with E-state index in [1.54, 1.807) is 5.57 Å². The number of hydrogen-bond acceptors (Lipinski definition) is 4. The molecule has 0 radical (unpaired) electrons. The van der Waals surface area contributed by atoms with Crippen LogP contribution in [-0.2, 0) is 14.2 Å². The van der Waals surface area contributed by atoms with Gasteiger partial charge in [0.1, 0.15) is 6.10 Å². The molecule has 57 heavy (non-hydrogen) atoms. The van der Waals surface area contributed by atoms with Crippen molar-refractivity contribution in [1.82, 2.24) is 0 Å². The van der Waals surface area contributed by atoms with Crippen LogP contribution in [0.15, 0.2) is 23.8 Å².